The summed E-state index contributed by atoms with van der Waals surface area (Å²) in [6.07, 6.45) is 9.81. The lowest BCUT2D eigenvalue weighted by Gasteiger charge is -2.21. The number of nitrogens with zero attached hydrogens (tertiary/aromatic N) is 2. The molecule has 1 saturated heterocycles. The van der Waals surface area contributed by atoms with Crippen molar-refractivity contribution >= 4 is 5.78 Å². The summed E-state index contributed by atoms with van der Waals surface area (Å²) in [6, 6.07) is 2.59. The molecule has 2 heterocycles. The second-order valence-corrected chi connectivity index (χ2v) is 5.91. The van der Waals surface area contributed by atoms with Gasteiger partial charge in [0.05, 0.1) is 18.2 Å². The fourth-order valence-corrected chi connectivity index (χ4v) is 3.29. The first-order valence-corrected chi connectivity index (χ1v) is 7.60. The maximum Gasteiger partial charge on any atom is 0.143 e. The number of piperidine rings is 1. The van der Waals surface area contributed by atoms with Crippen LogP contribution in [0, 0.1) is 5.92 Å². The predicted molar refractivity (Wildman–Crippen MR) is 74.0 cm³/mol. The van der Waals surface area contributed by atoms with E-state index in [1.165, 1.54) is 25.7 Å². The minimum atomic E-state index is 0.199. The van der Waals surface area contributed by atoms with Crippen LogP contribution in [0.3, 0.4) is 0 Å². The number of rotatable bonds is 4. The second-order valence-electron chi connectivity index (χ2n) is 5.91. The van der Waals surface area contributed by atoms with Crippen LogP contribution in [0.5, 0.6) is 0 Å². The third-order valence-electron chi connectivity index (χ3n) is 4.47. The van der Waals surface area contributed by atoms with E-state index in [0.29, 0.717) is 18.2 Å². The van der Waals surface area contributed by atoms with Gasteiger partial charge in [-0.15, -0.1) is 0 Å². The highest BCUT2D eigenvalue weighted by molar-refractivity contribution is 5.83. The van der Waals surface area contributed by atoms with Crippen molar-refractivity contribution in [3.63, 3.8) is 0 Å². The maximum absolute atomic E-state index is 12.2. The minimum absolute atomic E-state index is 0.199. The molecule has 2 aliphatic rings. The molecule has 1 N–H and O–H groups in total. The summed E-state index contributed by atoms with van der Waals surface area (Å²) < 4.78 is 2.08. The Balaban J connectivity index is 1.58. The number of hydrogen-bond acceptors (Lipinski definition) is 3. The van der Waals surface area contributed by atoms with Crippen molar-refractivity contribution in [3.05, 3.63) is 18.0 Å². The van der Waals surface area contributed by atoms with Crippen LogP contribution in [-0.4, -0.2) is 28.7 Å². The van der Waals surface area contributed by atoms with Crippen molar-refractivity contribution in [2.75, 3.05) is 13.1 Å². The molecule has 0 bridgehead atoms. The van der Waals surface area contributed by atoms with Crippen LogP contribution < -0.4 is 5.32 Å². The van der Waals surface area contributed by atoms with Crippen LogP contribution in [0.25, 0.3) is 0 Å². The van der Waals surface area contributed by atoms with Crippen molar-refractivity contribution in [3.8, 4) is 0 Å². The van der Waals surface area contributed by atoms with Gasteiger partial charge >= 0.3 is 0 Å². The van der Waals surface area contributed by atoms with Gasteiger partial charge in [0, 0.05) is 18.7 Å². The molecule has 0 aromatic carbocycles. The third kappa shape index (κ3) is 3.06. The number of ketones is 1. The highest BCUT2D eigenvalue weighted by atomic mass is 16.1. The van der Waals surface area contributed by atoms with Crippen LogP contribution in [-0.2, 0) is 11.2 Å². The molecule has 1 aliphatic carbocycles. The lowest BCUT2D eigenvalue weighted by atomic mass is 9.93. The van der Waals surface area contributed by atoms with E-state index in [2.05, 4.69) is 21.3 Å². The molecule has 19 heavy (non-hydrogen) atoms. The Bertz CT molecular complexity index is 428. The number of nitrogens with one attached hydrogen (secondary N) is 1. The zero-order valence-electron chi connectivity index (χ0n) is 11.5. The molecule has 3 rings (SSSR count). The van der Waals surface area contributed by atoms with E-state index in [9.17, 15) is 4.79 Å². The standard InChI is InChI=1S/C15H23N3O/c19-15(12-4-3-8-16-11-12)10-13-7-9-18(17-13)14-5-1-2-6-14/h7,9,12,14,16H,1-6,8,10-11H2. The molecule has 2 fully saturated rings. The first-order chi connectivity index (χ1) is 9.33. The van der Waals surface area contributed by atoms with Gasteiger partial charge in [0.2, 0.25) is 0 Å². The topological polar surface area (TPSA) is 46.9 Å². The van der Waals surface area contributed by atoms with Gasteiger partial charge < -0.3 is 5.32 Å². The molecule has 1 unspecified atom stereocenters. The predicted octanol–water partition coefficient (Wildman–Crippen LogP) is 2.11. The van der Waals surface area contributed by atoms with Gasteiger partial charge in [-0.25, -0.2) is 0 Å². The normalized spacial score (nSPS) is 24.7. The van der Waals surface area contributed by atoms with Gasteiger partial charge in [0.15, 0.2) is 0 Å². The quantitative estimate of drug-likeness (QED) is 0.903. The number of carbonyl (C=O) groups is 1. The zero-order chi connectivity index (χ0) is 13.1. The second kappa shape index (κ2) is 5.87. The highest BCUT2D eigenvalue weighted by Gasteiger charge is 2.22. The molecule has 0 spiro atoms. The van der Waals surface area contributed by atoms with Crippen LogP contribution in [0.2, 0.25) is 0 Å². The van der Waals surface area contributed by atoms with Crippen LogP contribution in [0.4, 0.5) is 0 Å². The molecule has 1 aliphatic heterocycles. The van der Waals surface area contributed by atoms with Crippen molar-refractivity contribution in [1.29, 1.82) is 0 Å². The summed E-state index contributed by atoms with van der Waals surface area (Å²) in [5.74, 6) is 0.550. The lowest BCUT2D eigenvalue weighted by molar-refractivity contribution is -0.122. The number of carbonyl (C=O) groups excluding carboxylic acids is 1. The summed E-state index contributed by atoms with van der Waals surface area (Å²) in [5, 5.41) is 7.91. The summed E-state index contributed by atoms with van der Waals surface area (Å²) >= 11 is 0. The van der Waals surface area contributed by atoms with E-state index >= 15 is 0 Å². The first kappa shape index (κ1) is 12.9. The van der Waals surface area contributed by atoms with Crippen LogP contribution in [0.1, 0.15) is 50.3 Å². The van der Waals surface area contributed by atoms with Gasteiger partial charge in [-0.05, 0) is 38.3 Å². The summed E-state index contributed by atoms with van der Waals surface area (Å²) in [6.45, 7) is 1.91. The van der Waals surface area contributed by atoms with E-state index in [-0.39, 0.29) is 5.92 Å². The van der Waals surface area contributed by atoms with Crippen molar-refractivity contribution in [2.24, 2.45) is 5.92 Å². The van der Waals surface area contributed by atoms with Gasteiger partial charge in [-0.2, -0.15) is 5.10 Å². The van der Waals surface area contributed by atoms with Crippen molar-refractivity contribution < 1.29 is 4.79 Å². The smallest absolute Gasteiger partial charge is 0.143 e. The van der Waals surface area contributed by atoms with E-state index < -0.39 is 0 Å². The third-order valence-corrected chi connectivity index (χ3v) is 4.47. The Morgan fingerprint density at radius 1 is 1.32 bits per heavy atom. The van der Waals surface area contributed by atoms with E-state index in [0.717, 1.165) is 31.6 Å². The number of Topliss-reactive ketones (excluding diaryl/α,β-unsaturated/α-hetero) is 1. The molecule has 1 aromatic heterocycles. The van der Waals surface area contributed by atoms with Crippen LogP contribution in [0.15, 0.2) is 12.3 Å². The molecular formula is C15H23N3O. The fourth-order valence-electron chi connectivity index (χ4n) is 3.29. The molecule has 0 amide bonds. The van der Waals surface area contributed by atoms with Crippen molar-refractivity contribution in [2.45, 2.75) is 51.0 Å². The molecule has 1 saturated carbocycles. The lowest BCUT2D eigenvalue weighted by Crippen LogP contribution is -2.35. The Morgan fingerprint density at radius 3 is 2.89 bits per heavy atom. The summed E-state index contributed by atoms with van der Waals surface area (Å²) in [5.41, 5.74) is 0.947. The minimum Gasteiger partial charge on any atom is -0.316 e. The van der Waals surface area contributed by atoms with Gasteiger partial charge in [-0.1, -0.05) is 12.8 Å². The van der Waals surface area contributed by atoms with Crippen molar-refractivity contribution in [1.82, 2.24) is 15.1 Å². The molecule has 104 valence electrons. The molecular weight excluding hydrogens is 238 g/mol. The number of hydrogen-bond donors (Lipinski definition) is 1. The van der Waals surface area contributed by atoms with E-state index in [1.807, 2.05) is 6.07 Å². The van der Waals surface area contributed by atoms with Gasteiger partial charge in [-0.3, -0.25) is 9.48 Å². The molecule has 0 radical (unpaired) electrons. The average molecular weight is 261 g/mol. The Morgan fingerprint density at radius 2 is 2.16 bits per heavy atom. The Hall–Kier alpha value is -1.16. The summed E-state index contributed by atoms with van der Waals surface area (Å²) in [4.78, 5) is 12.2. The zero-order valence-corrected chi connectivity index (χ0v) is 11.5. The van der Waals surface area contributed by atoms with E-state index in [1.54, 1.807) is 0 Å². The number of aromatic nitrogens is 2. The SMILES string of the molecule is O=C(Cc1ccn(C2CCCC2)n1)C1CCCNC1. The Kier molecular flexibility index (Phi) is 3.97. The fraction of sp³-hybridized carbons (Fsp3) is 0.733. The Labute approximate surface area is 114 Å². The van der Waals surface area contributed by atoms with Crippen LogP contribution >= 0.6 is 0 Å². The monoisotopic (exact) mass is 261 g/mol. The first-order valence-electron chi connectivity index (χ1n) is 7.60. The summed E-state index contributed by atoms with van der Waals surface area (Å²) in [7, 11) is 0. The average Bonchev–Trinajstić information content (AvgIpc) is 3.10. The molecule has 4 heteroatoms. The molecule has 1 atom stereocenters. The molecule has 4 nitrogen and oxygen atoms in total. The highest BCUT2D eigenvalue weighted by Crippen LogP contribution is 2.28. The maximum atomic E-state index is 12.2. The van der Waals surface area contributed by atoms with E-state index in [4.69, 9.17) is 0 Å². The van der Waals surface area contributed by atoms with Gasteiger partial charge in [0.1, 0.15) is 5.78 Å². The van der Waals surface area contributed by atoms with Gasteiger partial charge in [0.25, 0.3) is 0 Å². The largest absolute Gasteiger partial charge is 0.316 e. The molecule has 1 aromatic rings.